The minimum Gasteiger partial charge on any atom is -0.465 e. The van der Waals surface area contributed by atoms with E-state index in [-0.39, 0.29) is 29.4 Å². The lowest BCUT2D eigenvalue weighted by molar-refractivity contribution is -0.143. The topological polar surface area (TPSA) is 94.8 Å². The highest BCUT2D eigenvalue weighted by Crippen LogP contribution is 2.19. The van der Waals surface area contributed by atoms with E-state index < -0.39 is 21.7 Å². The molecule has 0 saturated carbocycles. The molecule has 7 nitrogen and oxygen atoms in total. The zero-order valence-electron chi connectivity index (χ0n) is 16.9. The molecule has 0 N–H and O–H groups in total. The van der Waals surface area contributed by atoms with Gasteiger partial charge in [-0.25, -0.2) is 8.42 Å². The quantitative estimate of drug-likeness (QED) is 0.542. The molecule has 0 atom stereocenters. The van der Waals surface area contributed by atoms with Gasteiger partial charge in [0.25, 0.3) is 5.91 Å². The van der Waals surface area contributed by atoms with Crippen molar-refractivity contribution in [2.24, 2.45) is 4.99 Å². The van der Waals surface area contributed by atoms with Gasteiger partial charge in [0.2, 0.25) is 0 Å². The lowest BCUT2D eigenvalue weighted by Crippen LogP contribution is -2.23. The smallest absolute Gasteiger partial charge is 0.326 e. The fourth-order valence-electron chi connectivity index (χ4n) is 2.88. The molecule has 3 rings (SSSR count). The number of aromatic nitrogens is 1. The molecule has 0 radical (unpaired) electrons. The van der Waals surface area contributed by atoms with Crippen molar-refractivity contribution in [3.8, 4) is 0 Å². The largest absolute Gasteiger partial charge is 0.465 e. The second-order valence-electron chi connectivity index (χ2n) is 6.59. The van der Waals surface area contributed by atoms with Crippen LogP contribution < -0.4 is 4.80 Å². The molecule has 0 aliphatic carbocycles. The van der Waals surface area contributed by atoms with Gasteiger partial charge in [0, 0.05) is 5.56 Å². The molecular weight excluding hydrogens is 424 g/mol. The number of rotatable bonds is 6. The molecule has 9 heteroatoms. The summed E-state index contributed by atoms with van der Waals surface area (Å²) in [6, 6.07) is 11.5. The normalized spacial score (nSPS) is 12.3. The van der Waals surface area contributed by atoms with E-state index in [4.69, 9.17) is 4.74 Å². The van der Waals surface area contributed by atoms with Gasteiger partial charge >= 0.3 is 5.97 Å². The first-order valence-corrected chi connectivity index (χ1v) is 11.9. The molecule has 0 spiro atoms. The fraction of sp³-hybridized carbons (Fsp3) is 0.286. The van der Waals surface area contributed by atoms with Crippen LogP contribution in [0.4, 0.5) is 0 Å². The number of amides is 1. The van der Waals surface area contributed by atoms with Gasteiger partial charge in [-0.2, -0.15) is 4.99 Å². The monoisotopic (exact) mass is 446 g/mol. The molecule has 2 aromatic carbocycles. The number of hydrogen-bond donors (Lipinski definition) is 0. The van der Waals surface area contributed by atoms with E-state index in [1.165, 1.54) is 35.6 Å². The number of fused-ring (bicyclic) bond motifs is 1. The Morgan fingerprint density at radius 3 is 2.43 bits per heavy atom. The molecule has 0 aliphatic rings. The molecule has 0 fully saturated rings. The van der Waals surface area contributed by atoms with Crippen molar-refractivity contribution in [3.63, 3.8) is 0 Å². The first kappa shape index (κ1) is 21.9. The number of ether oxygens (including phenoxy) is 1. The molecular formula is C21H22N2O5S2. The van der Waals surface area contributed by atoms with Gasteiger partial charge in [-0.05, 0) is 55.8 Å². The van der Waals surface area contributed by atoms with E-state index in [0.717, 1.165) is 15.8 Å². The number of sulfone groups is 1. The molecule has 0 saturated heterocycles. The van der Waals surface area contributed by atoms with Gasteiger partial charge in [-0.3, -0.25) is 9.59 Å². The van der Waals surface area contributed by atoms with E-state index in [1.807, 2.05) is 25.1 Å². The third kappa shape index (κ3) is 4.68. The van der Waals surface area contributed by atoms with Gasteiger partial charge in [0.05, 0.1) is 27.5 Å². The summed E-state index contributed by atoms with van der Waals surface area (Å²) in [6.07, 6.45) is 0. The Balaban J connectivity index is 2.04. The predicted molar refractivity (Wildman–Crippen MR) is 115 cm³/mol. The number of carbonyl (C=O) groups is 2. The number of benzene rings is 2. The van der Waals surface area contributed by atoms with Crippen molar-refractivity contribution in [1.29, 1.82) is 0 Å². The Kier molecular flexibility index (Phi) is 6.52. The van der Waals surface area contributed by atoms with Gasteiger partial charge in [0.15, 0.2) is 14.6 Å². The van der Waals surface area contributed by atoms with E-state index in [1.54, 1.807) is 18.4 Å². The van der Waals surface area contributed by atoms with E-state index in [0.29, 0.717) is 4.80 Å². The van der Waals surface area contributed by atoms with E-state index >= 15 is 0 Å². The average Bonchev–Trinajstić information content (AvgIpc) is 3.04. The lowest BCUT2D eigenvalue weighted by Gasteiger charge is -2.05. The maximum atomic E-state index is 12.7. The molecule has 30 heavy (non-hydrogen) atoms. The molecule has 3 aromatic rings. The molecule has 1 amide bonds. The van der Waals surface area contributed by atoms with Crippen LogP contribution in [0.1, 0.15) is 29.8 Å². The Labute approximate surface area is 178 Å². The first-order valence-electron chi connectivity index (χ1n) is 9.42. The first-order chi connectivity index (χ1) is 14.2. The average molecular weight is 447 g/mol. The van der Waals surface area contributed by atoms with E-state index in [2.05, 4.69) is 4.99 Å². The Hall–Kier alpha value is -2.78. The third-order valence-electron chi connectivity index (χ3n) is 4.47. The Morgan fingerprint density at radius 2 is 1.80 bits per heavy atom. The minimum atomic E-state index is -3.34. The van der Waals surface area contributed by atoms with Crippen molar-refractivity contribution in [2.75, 3.05) is 12.4 Å². The fourth-order valence-corrected chi connectivity index (χ4v) is 4.89. The van der Waals surface area contributed by atoms with Gasteiger partial charge in [-0.1, -0.05) is 24.3 Å². The summed E-state index contributed by atoms with van der Waals surface area (Å²) in [6.45, 7) is 5.46. The van der Waals surface area contributed by atoms with Crippen molar-refractivity contribution in [2.45, 2.75) is 32.2 Å². The van der Waals surface area contributed by atoms with Crippen molar-refractivity contribution < 1.29 is 22.7 Å². The zero-order chi connectivity index (χ0) is 21.9. The SMILES string of the molecule is CCOC(=O)Cn1c(=NC(=O)c2ccc(S(=O)(=O)CC)cc2)sc2cc(C)ccc21. The van der Waals surface area contributed by atoms with Crippen LogP contribution in [0.5, 0.6) is 0 Å². The van der Waals surface area contributed by atoms with Gasteiger partial charge < -0.3 is 9.30 Å². The summed E-state index contributed by atoms with van der Waals surface area (Å²) in [5.74, 6) is -0.947. The highest BCUT2D eigenvalue weighted by molar-refractivity contribution is 7.91. The number of aryl methyl sites for hydroxylation is 1. The Bertz CT molecular complexity index is 1270. The van der Waals surface area contributed by atoms with E-state index in [9.17, 15) is 18.0 Å². The van der Waals surface area contributed by atoms with Crippen molar-refractivity contribution >= 4 is 43.3 Å². The maximum Gasteiger partial charge on any atom is 0.326 e. The summed E-state index contributed by atoms with van der Waals surface area (Å²) in [7, 11) is -3.34. The predicted octanol–water partition coefficient (Wildman–Crippen LogP) is 3.11. The van der Waals surface area contributed by atoms with Crippen LogP contribution >= 0.6 is 11.3 Å². The van der Waals surface area contributed by atoms with Crippen LogP contribution in [0.25, 0.3) is 10.2 Å². The molecule has 158 valence electrons. The lowest BCUT2D eigenvalue weighted by atomic mass is 10.2. The van der Waals surface area contributed by atoms with Crippen molar-refractivity contribution in [3.05, 3.63) is 58.4 Å². The second-order valence-corrected chi connectivity index (χ2v) is 9.88. The van der Waals surface area contributed by atoms with Crippen LogP contribution in [0, 0.1) is 6.92 Å². The van der Waals surface area contributed by atoms with Crippen molar-refractivity contribution in [1.82, 2.24) is 4.57 Å². The van der Waals surface area contributed by atoms with Crippen LogP contribution in [0.3, 0.4) is 0 Å². The number of nitrogens with zero attached hydrogens (tertiary/aromatic N) is 2. The van der Waals surface area contributed by atoms with Crippen LogP contribution in [-0.2, 0) is 25.9 Å². The summed E-state index contributed by atoms with van der Waals surface area (Å²) in [4.78, 5) is 29.5. The Morgan fingerprint density at radius 1 is 1.10 bits per heavy atom. The second kappa shape index (κ2) is 8.93. The summed E-state index contributed by atoms with van der Waals surface area (Å²) in [5, 5.41) is 0. The standard InChI is InChI=1S/C21H22N2O5S2/c1-4-28-19(24)13-23-17-11-6-14(3)12-18(17)29-21(23)22-20(25)15-7-9-16(10-8-15)30(26,27)5-2/h6-12H,4-5,13H2,1-3H3. The third-order valence-corrected chi connectivity index (χ3v) is 7.26. The molecule has 0 aliphatic heterocycles. The summed E-state index contributed by atoms with van der Waals surface area (Å²) < 4.78 is 31.5. The maximum absolute atomic E-state index is 12.7. The molecule has 1 heterocycles. The minimum absolute atomic E-state index is 0.0142. The van der Waals surface area contributed by atoms with Crippen LogP contribution in [0.15, 0.2) is 52.4 Å². The van der Waals surface area contributed by atoms with Gasteiger partial charge in [-0.15, -0.1) is 0 Å². The molecule has 1 aromatic heterocycles. The summed E-state index contributed by atoms with van der Waals surface area (Å²) >= 11 is 1.30. The van der Waals surface area contributed by atoms with Gasteiger partial charge in [0.1, 0.15) is 6.54 Å². The number of thiazole rings is 1. The number of carbonyl (C=O) groups excluding carboxylic acids is 2. The molecule has 0 unspecified atom stereocenters. The summed E-state index contributed by atoms with van der Waals surface area (Å²) in [5.41, 5.74) is 2.11. The molecule has 0 bridgehead atoms. The number of esters is 1. The highest BCUT2D eigenvalue weighted by Gasteiger charge is 2.15. The number of hydrogen-bond acceptors (Lipinski definition) is 6. The van der Waals surface area contributed by atoms with Crippen LogP contribution in [-0.4, -0.2) is 37.2 Å². The highest BCUT2D eigenvalue weighted by atomic mass is 32.2. The zero-order valence-corrected chi connectivity index (χ0v) is 18.5. The van der Waals surface area contributed by atoms with Crippen LogP contribution in [0.2, 0.25) is 0 Å².